The molecular formula is C21H31N5O3S. The lowest BCUT2D eigenvalue weighted by Gasteiger charge is -2.25. The van der Waals surface area contributed by atoms with Gasteiger partial charge in [0.15, 0.2) is 5.69 Å². The van der Waals surface area contributed by atoms with Crippen molar-refractivity contribution in [3.05, 3.63) is 50.7 Å². The number of hydrogen-bond acceptors (Lipinski definition) is 6. The van der Waals surface area contributed by atoms with E-state index in [1.807, 2.05) is 49.4 Å². The second-order valence-electron chi connectivity index (χ2n) is 7.16. The van der Waals surface area contributed by atoms with Crippen LogP contribution >= 0.6 is 11.8 Å². The third kappa shape index (κ3) is 5.76. The van der Waals surface area contributed by atoms with Crippen LogP contribution < -0.4 is 21.9 Å². The number of carbonyl (C=O) groups is 1. The molecule has 9 heteroatoms. The molecule has 0 fully saturated rings. The zero-order valence-electron chi connectivity index (χ0n) is 18.1. The quantitative estimate of drug-likeness (QED) is 0.556. The van der Waals surface area contributed by atoms with E-state index in [0.717, 1.165) is 18.4 Å². The van der Waals surface area contributed by atoms with Crippen LogP contribution in [-0.2, 0) is 17.9 Å². The van der Waals surface area contributed by atoms with Crippen LogP contribution in [0.3, 0.4) is 0 Å². The summed E-state index contributed by atoms with van der Waals surface area (Å²) in [4.78, 5) is 44.3. The number of rotatable bonds is 10. The Hall–Kier alpha value is -2.52. The lowest BCUT2D eigenvalue weighted by atomic mass is 10.2. The first kappa shape index (κ1) is 23.8. The number of aromatic amines is 1. The first-order valence-corrected chi connectivity index (χ1v) is 11.3. The van der Waals surface area contributed by atoms with Crippen LogP contribution in [0, 0.1) is 0 Å². The van der Waals surface area contributed by atoms with E-state index in [0.29, 0.717) is 13.1 Å². The molecule has 0 saturated carbocycles. The Kier molecular flexibility index (Phi) is 8.73. The van der Waals surface area contributed by atoms with E-state index in [-0.39, 0.29) is 30.5 Å². The zero-order chi connectivity index (χ0) is 22.3. The largest absolute Gasteiger partial charge is 0.383 e. The van der Waals surface area contributed by atoms with Gasteiger partial charge in [-0.15, -0.1) is 11.8 Å². The van der Waals surface area contributed by atoms with Gasteiger partial charge in [-0.3, -0.25) is 24.0 Å². The zero-order valence-corrected chi connectivity index (χ0v) is 18.9. The van der Waals surface area contributed by atoms with Crippen LogP contribution in [0.25, 0.3) is 0 Å². The molecule has 0 saturated heterocycles. The fraction of sp³-hybridized carbons (Fsp3) is 0.476. The van der Waals surface area contributed by atoms with Crippen molar-refractivity contribution >= 4 is 29.2 Å². The van der Waals surface area contributed by atoms with Gasteiger partial charge in [-0.2, -0.15) is 0 Å². The normalized spacial score (nSPS) is 11.1. The van der Waals surface area contributed by atoms with Crippen LogP contribution in [-0.4, -0.2) is 46.8 Å². The molecule has 0 spiro atoms. The number of anilines is 2. The number of nitrogens with zero attached hydrogens (tertiary/aromatic N) is 3. The van der Waals surface area contributed by atoms with Gasteiger partial charge in [0, 0.05) is 24.5 Å². The summed E-state index contributed by atoms with van der Waals surface area (Å²) in [7, 11) is 1.85. The summed E-state index contributed by atoms with van der Waals surface area (Å²) in [6.07, 6.45) is 3.64. The molecule has 0 radical (unpaired) electrons. The first-order valence-electron chi connectivity index (χ1n) is 10.1. The second kappa shape index (κ2) is 11.0. The maximum atomic E-state index is 13.0. The molecule has 0 aliphatic heterocycles. The number of thioether (sulfide) groups is 1. The highest BCUT2D eigenvalue weighted by Gasteiger charge is 2.23. The van der Waals surface area contributed by atoms with E-state index in [2.05, 4.69) is 4.98 Å². The van der Waals surface area contributed by atoms with E-state index >= 15 is 0 Å². The van der Waals surface area contributed by atoms with Crippen molar-refractivity contribution in [1.29, 1.82) is 0 Å². The molecule has 1 amide bonds. The summed E-state index contributed by atoms with van der Waals surface area (Å²) in [5.74, 6) is -0.221. The summed E-state index contributed by atoms with van der Waals surface area (Å²) in [5.41, 5.74) is 6.09. The fourth-order valence-electron chi connectivity index (χ4n) is 3.25. The minimum atomic E-state index is -0.643. The molecule has 1 heterocycles. The summed E-state index contributed by atoms with van der Waals surface area (Å²) >= 11 is 1.68. The van der Waals surface area contributed by atoms with Gasteiger partial charge < -0.3 is 10.6 Å². The molecule has 0 unspecified atom stereocenters. The van der Waals surface area contributed by atoms with Crippen molar-refractivity contribution in [3.8, 4) is 0 Å². The van der Waals surface area contributed by atoms with Crippen LogP contribution in [0.2, 0.25) is 0 Å². The molecule has 164 valence electrons. The van der Waals surface area contributed by atoms with Gasteiger partial charge in [0.25, 0.3) is 5.56 Å². The number of carbonyl (C=O) groups excluding carboxylic acids is 1. The number of nitrogens with two attached hydrogens (primary N) is 1. The molecule has 8 nitrogen and oxygen atoms in total. The average molecular weight is 434 g/mol. The number of unbranched alkanes of at least 4 members (excludes halogenated alkanes) is 1. The van der Waals surface area contributed by atoms with Gasteiger partial charge in [-0.1, -0.05) is 25.5 Å². The summed E-state index contributed by atoms with van der Waals surface area (Å²) in [6.45, 7) is 5.15. The third-order valence-electron chi connectivity index (χ3n) is 4.85. The predicted molar refractivity (Wildman–Crippen MR) is 123 cm³/mol. The van der Waals surface area contributed by atoms with Crippen molar-refractivity contribution in [1.82, 2.24) is 14.5 Å². The Bertz CT molecular complexity index is 968. The predicted octanol–water partition coefficient (Wildman–Crippen LogP) is 2.13. The van der Waals surface area contributed by atoms with Crippen molar-refractivity contribution in [2.24, 2.45) is 0 Å². The van der Waals surface area contributed by atoms with Crippen molar-refractivity contribution < 1.29 is 4.79 Å². The summed E-state index contributed by atoms with van der Waals surface area (Å²) < 4.78 is 1.33. The molecule has 2 aromatic rings. The number of nitrogen functional groups attached to an aromatic ring is 1. The van der Waals surface area contributed by atoms with E-state index in [1.54, 1.807) is 18.7 Å². The van der Waals surface area contributed by atoms with Gasteiger partial charge >= 0.3 is 5.69 Å². The highest BCUT2D eigenvalue weighted by molar-refractivity contribution is 7.98. The standard InChI is InChI=1S/C21H31N5O3S/c1-5-7-12-26-19(22)18(20(28)23-21(26)29)25(6-2)17(27)14-24(3)13-15-8-10-16(30-4)11-9-15/h8-11H,5-7,12-14,22H2,1-4H3,(H,23,28,29). The summed E-state index contributed by atoms with van der Waals surface area (Å²) in [6, 6.07) is 8.18. The van der Waals surface area contributed by atoms with Gasteiger partial charge in [0.1, 0.15) is 5.82 Å². The Morgan fingerprint density at radius 2 is 1.87 bits per heavy atom. The van der Waals surface area contributed by atoms with E-state index in [1.165, 1.54) is 14.4 Å². The third-order valence-corrected chi connectivity index (χ3v) is 5.60. The molecule has 0 aliphatic carbocycles. The molecular weight excluding hydrogens is 402 g/mol. The Morgan fingerprint density at radius 3 is 2.43 bits per heavy atom. The average Bonchev–Trinajstić information content (AvgIpc) is 2.71. The van der Waals surface area contributed by atoms with Crippen LogP contribution in [0.5, 0.6) is 0 Å². The van der Waals surface area contributed by atoms with Gasteiger partial charge in [0.2, 0.25) is 5.91 Å². The number of nitrogens with one attached hydrogen (secondary N) is 1. The van der Waals surface area contributed by atoms with Crippen LogP contribution in [0.1, 0.15) is 32.3 Å². The van der Waals surface area contributed by atoms with Crippen molar-refractivity contribution in [3.63, 3.8) is 0 Å². The maximum absolute atomic E-state index is 13.0. The Balaban J connectivity index is 2.20. The topological polar surface area (TPSA) is 104 Å². The Labute approximate surface area is 181 Å². The van der Waals surface area contributed by atoms with E-state index in [9.17, 15) is 14.4 Å². The molecule has 0 bridgehead atoms. The lowest BCUT2D eigenvalue weighted by molar-refractivity contribution is -0.119. The van der Waals surface area contributed by atoms with Crippen LogP contribution in [0.15, 0.2) is 38.8 Å². The highest BCUT2D eigenvalue weighted by atomic mass is 32.2. The summed E-state index contributed by atoms with van der Waals surface area (Å²) in [5, 5.41) is 0. The van der Waals surface area contributed by atoms with Gasteiger partial charge in [-0.25, -0.2) is 4.79 Å². The first-order chi connectivity index (χ1) is 14.3. The monoisotopic (exact) mass is 433 g/mol. The smallest absolute Gasteiger partial charge is 0.330 e. The maximum Gasteiger partial charge on any atom is 0.330 e. The van der Waals surface area contributed by atoms with Gasteiger partial charge in [0.05, 0.1) is 6.54 Å². The number of hydrogen-bond donors (Lipinski definition) is 2. The van der Waals surface area contributed by atoms with Gasteiger partial charge in [-0.05, 0) is 44.3 Å². The number of likely N-dealkylation sites (N-methyl/N-ethyl adjacent to an activating group) is 2. The molecule has 1 aromatic heterocycles. The van der Waals surface area contributed by atoms with Crippen molar-refractivity contribution in [2.45, 2.75) is 44.7 Å². The molecule has 2 rings (SSSR count). The number of aromatic nitrogens is 2. The lowest BCUT2D eigenvalue weighted by Crippen LogP contribution is -2.44. The minimum Gasteiger partial charge on any atom is -0.383 e. The Morgan fingerprint density at radius 1 is 1.20 bits per heavy atom. The van der Waals surface area contributed by atoms with Crippen molar-refractivity contribution in [2.75, 3.05) is 37.0 Å². The molecule has 0 atom stereocenters. The number of amides is 1. The molecule has 0 aliphatic rings. The molecule has 3 N–H and O–H groups in total. The number of benzene rings is 1. The number of H-pyrrole nitrogens is 1. The minimum absolute atomic E-state index is 0.0303. The second-order valence-corrected chi connectivity index (χ2v) is 8.04. The molecule has 30 heavy (non-hydrogen) atoms. The van der Waals surface area contributed by atoms with Crippen LogP contribution in [0.4, 0.5) is 11.5 Å². The SMILES string of the molecule is CCCCn1c(N)c(N(CC)C(=O)CN(C)Cc2ccc(SC)cc2)c(=O)[nH]c1=O. The molecule has 1 aromatic carbocycles. The van der Waals surface area contributed by atoms with E-state index in [4.69, 9.17) is 5.73 Å². The fourth-order valence-corrected chi connectivity index (χ4v) is 3.66. The highest BCUT2D eigenvalue weighted by Crippen LogP contribution is 2.18. The van der Waals surface area contributed by atoms with E-state index < -0.39 is 11.2 Å².